The van der Waals surface area contributed by atoms with Gasteiger partial charge in [0.1, 0.15) is 0 Å². The van der Waals surface area contributed by atoms with Gasteiger partial charge in [-0.25, -0.2) is 0 Å². The van der Waals surface area contributed by atoms with Crippen molar-refractivity contribution >= 4 is 16.8 Å². The maximum Gasteiger partial charge on any atom is 0.222 e. The number of pyridine rings is 1. The van der Waals surface area contributed by atoms with E-state index >= 15 is 0 Å². The third-order valence-electron chi connectivity index (χ3n) is 6.41. The predicted octanol–water partition coefficient (Wildman–Crippen LogP) is 3.98. The zero-order chi connectivity index (χ0) is 21.6. The van der Waals surface area contributed by atoms with Crippen LogP contribution < -0.4 is 5.32 Å². The number of rotatable bonds is 8. The van der Waals surface area contributed by atoms with Crippen molar-refractivity contribution in [2.24, 2.45) is 5.92 Å². The average molecular weight is 421 g/mol. The number of nitrogens with zero attached hydrogens (tertiary/aromatic N) is 2. The molecule has 0 unspecified atom stereocenters. The normalized spacial score (nSPS) is 16.5. The minimum Gasteiger partial charge on any atom is -0.384 e. The molecule has 3 heterocycles. The minimum absolute atomic E-state index is 0.0219. The highest BCUT2D eigenvalue weighted by Crippen LogP contribution is 2.31. The number of aryl methyl sites for hydroxylation is 1. The van der Waals surface area contributed by atoms with Crippen LogP contribution in [0.5, 0.6) is 0 Å². The summed E-state index contributed by atoms with van der Waals surface area (Å²) < 4.78 is 5.06. The molecular formula is C25H32N4O2. The number of nitrogens with one attached hydrogen (secondary N) is 2. The largest absolute Gasteiger partial charge is 0.384 e. The third-order valence-corrected chi connectivity index (χ3v) is 6.41. The number of methoxy groups -OCH3 is 1. The van der Waals surface area contributed by atoms with Gasteiger partial charge in [0, 0.05) is 42.9 Å². The van der Waals surface area contributed by atoms with Gasteiger partial charge in [-0.2, -0.15) is 0 Å². The smallest absolute Gasteiger partial charge is 0.222 e. The van der Waals surface area contributed by atoms with E-state index < -0.39 is 0 Å². The van der Waals surface area contributed by atoms with E-state index in [1.165, 1.54) is 22.2 Å². The molecule has 2 aromatic heterocycles. The molecule has 164 valence electrons. The lowest BCUT2D eigenvalue weighted by atomic mass is 9.87. The number of ether oxygens (including phenoxy) is 1. The van der Waals surface area contributed by atoms with Crippen molar-refractivity contribution in [1.82, 2.24) is 20.2 Å². The second-order valence-corrected chi connectivity index (χ2v) is 8.43. The maximum absolute atomic E-state index is 12.4. The number of fused-ring (bicyclic) bond motifs is 1. The highest BCUT2D eigenvalue weighted by atomic mass is 16.5. The van der Waals surface area contributed by atoms with Gasteiger partial charge in [-0.05, 0) is 62.5 Å². The van der Waals surface area contributed by atoms with Crippen molar-refractivity contribution in [2.45, 2.75) is 38.8 Å². The first-order chi connectivity index (χ1) is 15.2. The Bertz CT molecular complexity index is 993. The molecule has 6 nitrogen and oxygen atoms in total. The summed E-state index contributed by atoms with van der Waals surface area (Å²) in [5.41, 5.74) is 4.79. The number of H-pyrrole nitrogens is 1. The van der Waals surface area contributed by atoms with E-state index in [4.69, 9.17) is 4.74 Å². The van der Waals surface area contributed by atoms with Gasteiger partial charge in [0.15, 0.2) is 0 Å². The fourth-order valence-electron chi connectivity index (χ4n) is 4.60. The Balaban J connectivity index is 1.41. The van der Waals surface area contributed by atoms with E-state index in [0.29, 0.717) is 18.9 Å². The molecule has 3 aromatic rings. The Morgan fingerprint density at radius 2 is 2.00 bits per heavy atom. The van der Waals surface area contributed by atoms with Crippen molar-refractivity contribution in [3.05, 3.63) is 65.6 Å². The Kier molecular flexibility index (Phi) is 6.99. The predicted molar refractivity (Wildman–Crippen MR) is 123 cm³/mol. The van der Waals surface area contributed by atoms with Crippen LogP contribution in [0.1, 0.15) is 42.3 Å². The van der Waals surface area contributed by atoms with E-state index in [1.54, 1.807) is 13.3 Å². The molecule has 1 aromatic carbocycles. The maximum atomic E-state index is 12.4. The molecule has 31 heavy (non-hydrogen) atoms. The van der Waals surface area contributed by atoms with Crippen LogP contribution in [0.25, 0.3) is 10.9 Å². The molecule has 2 N–H and O–H groups in total. The number of hydrogen-bond acceptors (Lipinski definition) is 4. The lowest BCUT2D eigenvalue weighted by Crippen LogP contribution is -2.41. The van der Waals surface area contributed by atoms with Crippen LogP contribution in [0.4, 0.5) is 0 Å². The summed E-state index contributed by atoms with van der Waals surface area (Å²) >= 11 is 0. The molecule has 1 aliphatic heterocycles. The number of carbonyl (C=O) groups is 1. The number of benzene rings is 1. The van der Waals surface area contributed by atoms with Crippen LogP contribution in [0.15, 0.2) is 48.7 Å². The van der Waals surface area contributed by atoms with Crippen LogP contribution in [0, 0.1) is 12.8 Å². The molecule has 1 amide bonds. The van der Waals surface area contributed by atoms with Crippen LogP contribution in [0.2, 0.25) is 0 Å². The van der Waals surface area contributed by atoms with Gasteiger partial charge >= 0.3 is 0 Å². The Hall–Kier alpha value is -2.70. The number of likely N-dealkylation sites (tertiary alicyclic amines) is 1. The fourth-order valence-corrected chi connectivity index (χ4v) is 4.60. The van der Waals surface area contributed by atoms with Gasteiger partial charge in [-0.3, -0.25) is 14.7 Å². The molecule has 1 atom stereocenters. The molecule has 1 saturated heterocycles. The standard InChI is InChI=1S/C25H32N4O2/c1-18-20-7-3-4-8-21(20)27-23(18)17-29-14-10-19(11-15-29)25(22-9-5-6-13-26-22)28-24(30)12-16-31-2/h3-9,13,19,25,27H,10-12,14-17H2,1-2H3,(H,28,30)/t25-/m1/s1. The van der Waals surface area contributed by atoms with Crippen LogP contribution in [0.3, 0.4) is 0 Å². The van der Waals surface area contributed by atoms with Gasteiger partial charge in [0.2, 0.25) is 5.91 Å². The third kappa shape index (κ3) is 5.14. The molecule has 0 bridgehead atoms. The molecule has 0 aliphatic carbocycles. The number of para-hydroxylation sites is 1. The van der Waals surface area contributed by atoms with Gasteiger partial charge < -0.3 is 15.0 Å². The van der Waals surface area contributed by atoms with Crippen LogP contribution in [-0.4, -0.2) is 47.6 Å². The van der Waals surface area contributed by atoms with E-state index in [-0.39, 0.29) is 11.9 Å². The van der Waals surface area contributed by atoms with Gasteiger partial charge in [-0.15, -0.1) is 0 Å². The number of aromatic nitrogens is 2. The Morgan fingerprint density at radius 1 is 1.23 bits per heavy atom. The number of carbonyl (C=O) groups excluding carboxylic acids is 1. The van der Waals surface area contributed by atoms with E-state index in [2.05, 4.69) is 51.4 Å². The first kappa shape index (κ1) is 21.5. The molecule has 6 heteroatoms. The summed E-state index contributed by atoms with van der Waals surface area (Å²) in [7, 11) is 1.62. The summed E-state index contributed by atoms with van der Waals surface area (Å²) in [6.07, 6.45) is 4.24. The van der Waals surface area contributed by atoms with Gasteiger partial charge in [-0.1, -0.05) is 24.3 Å². The molecule has 0 spiro atoms. The number of hydrogen-bond donors (Lipinski definition) is 2. The monoisotopic (exact) mass is 420 g/mol. The zero-order valence-electron chi connectivity index (χ0n) is 18.4. The summed E-state index contributed by atoms with van der Waals surface area (Å²) in [6, 6.07) is 14.4. The number of amides is 1. The average Bonchev–Trinajstić information content (AvgIpc) is 3.12. The van der Waals surface area contributed by atoms with Gasteiger partial charge in [0.05, 0.1) is 18.3 Å². The number of piperidine rings is 1. The quantitative estimate of drug-likeness (QED) is 0.578. The lowest BCUT2D eigenvalue weighted by Gasteiger charge is -2.36. The minimum atomic E-state index is -0.0532. The Morgan fingerprint density at radius 3 is 2.71 bits per heavy atom. The van der Waals surface area contributed by atoms with Crippen molar-refractivity contribution in [3.63, 3.8) is 0 Å². The van der Waals surface area contributed by atoms with Crippen molar-refractivity contribution < 1.29 is 9.53 Å². The molecule has 0 saturated carbocycles. The first-order valence-electron chi connectivity index (χ1n) is 11.1. The van der Waals surface area contributed by atoms with Crippen molar-refractivity contribution in [1.29, 1.82) is 0 Å². The molecule has 4 rings (SSSR count). The van der Waals surface area contributed by atoms with Crippen LogP contribution in [-0.2, 0) is 16.1 Å². The second-order valence-electron chi connectivity index (χ2n) is 8.43. The summed E-state index contributed by atoms with van der Waals surface area (Å²) in [6.45, 7) is 5.59. The summed E-state index contributed by atoms with van der Waals surface area (Å²) in [5.74, 6) is 0.398. The van der Waals surface area contributed by atoms with E-state index in [1.807, 2.05) is 18.2 Å². The fraction of sp³-hybridized carbons (Fsp3) is 0.440. The summed E-state index contributed by atoms with van der Waals surface area (Å²) in [4.78, 5) is 23.1. The van der Waals surface area contributed by atoms with E-state index in [9.17, 15) is 4.79 Å². The molecule has 1 fully saturated rings. The highest BCUT2D eigenvalue weighted by Gasteiger charge is 2.30. The molecule has 1 aliphatic rings. The van der Waals surface area contributed by atoms with Crippen LogP contribution >= 0.6 is 0 Å². The lowest BCUT2D eigenvalue weighted by molar-refractivity contribution is -0.123. The SMILES string of the molecule is COCCC(=O)N[C@@H](c1ccccn1)C1CCN(Cc2[nH]c3ccccc3c2C)CC1. The van der Waals surface area contributed by atoms with E-state index in [0.717, 1.165) is 38.2 Å². The topological polar surface area (TPSA) is 70.2 Å². The number of aromatic amines is 1. The first-order valence-corrected chi connectivity index (χ1v) is 11.1. The zero-order valence-corrected chi connectivity index (χ0v) is 18.4. The summed E-state index contributed by atoms with van der Waals surface area (Å²) in [5, 5.41) is 4.53. The van der Waals surface area contributed by atoms with Crippen molar-refractivity contribution in [2.75, 3.05) is 26.8 Å². The highest BCUT2D eigenvalue weighted by molar-refractivity contribution is 5.84. The van der Waals surface area contributed by atoms with Gasteiger partial charge in [0.25, 0.3) is 0 Å². The Labute approximate surface area is 184 Å². The van der Waals surface area contributed by atoms with Crippen molar-refractivity contribution in [3.8, 4) is 0 Å². The molecule has 0 radical (unpaired) electrons. The second kappa shape index (κ2) is 10.1. The molecular weight excluding hydrogens is 388 g/mol.